The van der Waals surface area contributed by atoms with Gasteiger partial charge in [0.1, 0.15) is 0 Å². The van der Waals surface area contributed by atoms with Crippen LogP contribution >= 0.6 is 0 Å². The fourth-order valence-electron chi connectivity index (χ4n) is 2.96. The molecule has 1 unspecified atom stereocenters. The number of aliphatic hydroxyl groups excluding tert-OH is 1. The lowest BCUT2D eigenvalue weighted by molar-refractivity contribution is 0.0113. The molecule has 3 nitrogen and oxygen atoms in total. The summed E-state index contributed by atoms with van der Waals surface area (Å²) in [7, 11) is 0. The van der Waals surface area contributed by atoms with Crippen LogP contribution < -0.4 is 5.32 Å². The minimum atomic E-state index is -0.142. The van der Waals surface area contributed by atoms with Crippen molar-refractivity contribution in [3.63, 3.8) is 0 Å². The second-order valence-corrected chi connectivity index (χ2v) is 4.98. The Labute approximate surface area is 92.2 Å². The summed E-state index contributed by atoms with van der Waals surface area (Å²) in [5.74, 6) is 0.606. The predicted molar refractivity (Wildman–Crippen MR) is 59.8 cm³/mol. The van der Waals surface area contributed by atoms with Gasteiger partial charge in [-0.15, -0.1) is 0 Å². The first-order valence-electron chi connectivity index (χ1n) is 6.31. The molecular weight excluding hydrogens is 190 g/mol. The Morgan fingerprint density at radius 2 is 2.00 bits per heavy atom. The Kier molecular flexibility index (Phi) is 4.00. The first-order chi connectivity index (χ1) is 7.37. The van der Waals surface area contributed by atoms with Gasteiger partial charge >= 0.3 is 0 Å². The van der Waals surface area contributed by atoms with Crippen LogP contribution in [0, 0.1) is 5.92 Å². The van der Waals surface area contributed by atoms with Crippen LogP contribution in [0.5, 0.6) is 0 Å². The van der Waals surface area contributed by atoms with Crippen molar-refractivity contribution in [1.29, 1.82) is 0 Å². The largest absolute Gasteiger partial charge is 0.394 e. The lowest BCUT2D eigenvalue weighted by atomic mass is 9.75. The maximum atomic E-state index is 9.68. The molecule has 2 aliphatic rings. The van der Waals surface area contributed by atoms with Crippen LogP contribution in [0.1, 0.15) is 38.5 Å². The van der Waals surface area contributed by atoms with Crippen molar-refractivity contribution >= 4 is 0 Å². The Balaban J connectivity index is 2.03. The average Bonchev–Trinajstić information content (AvgIpc) is 2.56. The minimum Gasteiger partial charge on any atom is -0.394 e. The SMILES string of the molecule is OCC1(C2CCCCC2)COCCCN1. The molecule has 88 valence electrons. The van der Waals surface area contributed by atoms with E-state index >= 15 is 0 Å². The summed E-state index contributed by atoms with van der Waals surface area (Å²) in [6, 6.07) is 0. The highest BCUT2D eigenvalue weighted by Crippen LogP contribution is 2.33. The molecule has 0 radical (unpaired) electrons. The van der Waals surface area contributed by atoms with Crippen molar-refractivity contribution in [2.24, 2.45) is 5.92 Å². The highest BCUT2D eigenvalue weighted by molar-refractivity contribution is 4.96. The van der Waals surface area contributed by atoms with Crippen LogP contribution in [0.25, 0.3) is 0 Å². The van der Waals surface area contributed by atoms with E-state index in [2.05, 4.69) is 5.32 Å². The summed E-state index contributed by atoms with van der Waals surface area (Å²) in [5.41, 5.74) is -0.142. The van der Waals surface area contributed by atoms with Crippen molar-refractivity contribution in [2.75, 3.05) is 26.4 Å². The quantitative estimate of drug-likeness (QED) is 0.726. The number of ether oxygens (including phenoxy) is 1. The topological polar surface area (TPSA) is 41.5 Å². The maximum absolute atomic E-state index is 9.68. The van der Waals surface area contributed by atoms with Crippen LogP contribution in [0.4, 0.5) is 0 Å². The summed E-state index contributed by atoms with van der Waals surface area (Å²) < 4.78 is 5.63. The lowest BCUT2D eigenvalue weighted by Gasteiger charge is -2.41. The normalized spacial score (nSPS) is 35.0. The molecule has 0 spiro atoms. The Morgan fingerprint density at radius 1 is 1.20 bits per heavy atom. The van der Waals surface area contributed by atoms with Crippen molar-refractivity contribution in [1.82, 2.24) is 5.32 Å². The minimum absolute atomic E-state index is 0.142. The molecule has 0 aromatic carbocycles. The molecule has 1 saturated carbocycles. The number of hydrogen-bond acceptors (Lipinski definition) is 3. The molecule has 1 saturated heterocycles. The van der Waals surface area contributed by atoms with Crippen LogP contribution in [-0.4, -0.2) is 37.0 Å². The molecule has 1 aliphatic heterocycles. The smallest absolute Gasteiger partial charge is 0.0679 e. The Bertz CT molecular complexity index is 182. The van der Waals surface area contributed by atoms with Crippen LogP contribution in [-0.2, 0) is 4.74 Å². The van der Waals surface area contributed by atoms with E-state index in [1.54, 1.807) is 0 Å². The molecule has 2 rings (SSSR count). The average molecular weight is 213 g/mol. The third-order valence-electron chi connectivity index (χ3n) is 3.97. The molecule has 3 heteroatoms. The van der Waals surface area contributed by atoms with Gasteiger partial charge in [-0.25, -0.2) is 0 Å². The number of aliphatic hydroxyl groups is 1. The molecule has 0 bridgehead atoms. The molecule has 2 fully saturated rings. The molecule has 1 atom stereocenters. The standard InChI is InChI=1S/C12H23NO2/c14-9-12(10-15-8-4-7-13-12)11-5-2-1-3-6-11/h11,13-14H,1-10H2. The van der Waals surface area contributed by atoms with Gasteiger partial charge in [0.05, 0.1) is 18.8 Å². The van der Waals surface area contributed by atoms with E-state index in [1.165, 1.54) is 32.1 Å². The second kappa shape index (κ2) is 5.28. The van der Waals surface area contributed by atoms with Gasteiger partial charge < -0.3 is 15.2 Å². The summed E-state index contributed by atoms with van der Waals surface area (Å²) in [6.07, 6.45) is 7.55. The van der Waals surface area contributed by atoms with E-state index in [4.69, 9.17) is 4.74 Å². The van der Waals surface area contributed by atoms with Gasteiger partial charge in [0, 0.05) is 6.61 Å². The van der Waals surface area contributed by atoms with Crippen LogP contribution in [0.15, 0.2) is 0 Å². The van der Waals surface area contributed by atoms with Gasteiger partial charge in [0.25, 0.3) is 0 Å². The third kappa shape index (κ3) is 2.52. The van der Waals surface area contributed by atoms with Crippen molar-refractivity contribution in [2.45, 2.75) is 44.1 Å². The number of hydrogen-bond donors (Lipinski definition) is 2. The van der Waals surface area contributed by atoms with E-state index in [1.807, 2.05) is 0 Å². The molecule has 15 heavy (non-hydrogen) atoms. The fraction of sp³-hybridized carbons (Fsp3) is 1.00. The Morgan fingerprint density at radius 3 is 2.73 bits per heavy atom. The summed E-state index contributed by atoms with van der Waals surface area (Å²) in [4.78, 5) is 0. The predicted octanol–water partition coefficient (Wildman–Crippen LogP) is 1.31. The van der Waals surface area contributed by atoms with Gasteiger partial charge in [-0.1, -0.05) is 19.3 Å². The van der Waals surface area contributed by atoms with Crippen molar-refractivity contribution < 1.29 is 9.84 Å². The highest BCUT2D eigenvalue weighted by atomic mass is 16.5. The number of rotatable bonds is 2. The fourth-order valence-corrected chi connectivity index (χ4v) is 2.96. The zero-order valence-corrected chi connectivity index (χ0v) is 9.50. The van der Waals surface area contributed by atoms with E-state index in [-0.39, 0.29) is 12.1 Å². The van der Waals surface area contributed by atoms with E-state index < -0.39 is 0 Å². The third-order valence-corrected chi connectivity index (χ3v) is 3.97. The molecule has 1 aliphatic carbocycles. The van der Waals surface area contributed by atoms with E-state index in [0.717, 1.165) is 19.6 Å². The zero-order valence-electron chi connectivity index (χ0n) is 9.50. The second-order valence-electron chi connectivity index (χ2n) is 4.98. The molecule has 0 aromatic rings. The van der Waals surface area contributed by atoms with Crippen molar-refractivity contribution in [3.8, 4) is 0 Å². The van der Waals surface area contributed by atoms with Gasteiger partial charge in [-0.3, -0.25) is 0 Å². The lowest BCUT2D eigenvalue weighted by Crippen LogP contribution is -2.57. The molecule has 0 amide bonds. The summed E-state index contributed by atoms with van der Waals surface area (Å²) in [6.45, 7) is 2.73. The van der Waals surface area contributed by atoms with Gasteiger partial charge in [-0.2, -0.15) is 0 Å². The molecule has 1 heterocycles. The zero-order chi connectivity index (χ0) is 10.6. The molecule has 2 N–H and O–H groups in total. The van der Waals surface area contributed by atoms with Crippen LogP contribution in [0.3, 0.4) is 0 Å². The molecular formula is C12H23NO2. The van der Waals surface area contributed by atoms with Crippen molar-refractivity contribution in [3.05, 3.63) is 0 Å². The van der Waals surface area contributed by atoms with Gasteiger partial charge in [0.15, 0.2) is 0 Å². The molecule has 0 aromatic heterocycles. The Hall–Kier alpha value is -0.120. The maximum Gasteiger partial charge on any atom is 0.0679 e. The highest BCUT2D eigenvalue weighted by Gasteiger charge is 2.39. The summed E-state index contributed by atoms with van der Waals surface area (Å²) in [5, 5.41) is 13.2. The van der Waals surface area contributed by atoms with E-state index in [0.29, 0.717) is 12.5 Å². The van der Waals surface area contributed by atoms with Crippen LogP contribution in [0.2, 0.25) is 0 Å². The monoisotopic (exact) mass is 213 g/mol. The van der Waals surface area contributed by atoms with Gasteiger partial charge in [0.2, 0.25) is 0 Å². The number of nitrogens with one attached hydrogen (secondary N) is 1. The first-order valence-corrected chi connectivity index (χ1v) is 6.31. The van der Waals surface area contributed by atoms with Gasteiger partial charge in [-0.05, 0) is 31.7 Å². The first kappa shape index (κ1) is 11.4. The summed E-state index contributed by atoms with van der Waals surface area (Å²) >= 11 is 0. The van der Waals surface area contributed by atoms with E-state index in [9.17, 15) is 5.11 Å².